The zero-order valence-corrected chi connectivity index (χ0v) is 41.6. The molecule has 4 aliphatic rings. The standard InChI is InChI=1S/C30H25F3N2O4.C27H19F3N2O4/c1-14-11-15(2)24(17(4)16(14)3)35-27(38)21-10-8-19(13-23(21)28(35)39)29(5,30(31,32)33)18-7-9-20-22(12-18)26(37)34(6)25(20)36;1-14-5-4-6-17(11-14)32-24(35)19-10-8-16(13-21(19)25(32)36)26(2,27(28,29)30)15-7-9-18-20(12-15)23(34)31(3)22(18)33/h7-13H,1-6H3;4-13H,1-3H3. The van der Waals surface area contributed by atoms with Gasteiger partial charge in [0.15, 0.2) is 0 Å². The molecule has 6 aromatic carbocycles. The Kier molecular flexibility index (Phi) is 11.8. The van der Waals surface area contributed by atoms with Crippen LogP contribution in [0.3, 0.4) is 0 Å². The number of nitrogens with zero attached hydrogens (tertiary/aromatic N) is 4. The van der Waals surface area contributed by atoms with Crippen molar-refractivity contribution in [2.45, 2.75) is 71.6 Å². The molecule has 10 rings (SSSR count). The number of aryl methyl sites for hydroxylation is 3. The third-order valence-electron chi connectivity index (χ3n) is 15.2. The Bertz CT molecular complexity index is 3640. The molecule has 4 heterocycles. The molecule has 0 saturated carbocycles. The Morgan fingerprint density at radius 2 is 0.693 bits per heavy atom. The number of rotatable bonds is 6. The summed E-state index contributed by atoms with van der Waals surface area (Å²) in [6.45, 7) is 11.1. The fourth-order valence-corrected chi connectivity index (χ4v) is 10.3. The Morgan fingerprint density at radius 1 is 0.360 bits per heavy atom. The second-order valence-corrected chi connectivity index (χ2v) is 19.5. The Balaban J connectivity index is 0.000000184. The van der Waals surface area contributed by atoms with Crippen LogP contribution in [0.2, 0.25) is 0 Å². The number of carbonyl (C=O) groups is 8. The van der Waals surface area contributed by atoms with Gasteiger partial charge in [-0.2, -0.15) is 26.3 Å². The minimum absolute atomic E-state index is 0.00568. The molecule has 0 radical (unpaired) electrons. The predicted octanol–water partition coefficient (Wildman–Crippen LogP) is 10.7. The molecule has 0 bridgehead atoms. The topological polar surface area (TPSA) is 150 Å². The SMILES string of the molecule is Cc1cc(C)c(N2C(=O)c3ccc(C(C)(c4ccc5c(c4)C(=O)N(C)C5=O)C(F)(F)F)cc3C2=O)c(C)c1C.Cc1cccc(N2C(=O)c3ccc(C(C)(c4ccc5c(c4)C(=O)N(C)C5=O)C(F)(F)F)cc3C2=O)c1. The molecule has 2 unspecified atom stereocenters. The van der Waals surface area contributed by atoms with E-state index < -0.39 is 70.4 Å². The third-order valence-corrected chi connectivity index (χ3v) is 15.2. The van der Waals surface area contributed by atoms with Gasteiger partial charge in [0, 0.05) is 14.1 Å². The first kappa shape index (κ1) is 51.4. The lowest BCUT2D eigenvalue weighted by atomic mass is 9.74. The van der Waals surface area contributed by atoms with Crippen LogP contribution in [-0.4, -0.2) is 83.5 Å². The van der Waals surface area contributed by atoms with Crippen LogP contribution in [0.15, 0.2) is 103 Å². The molecule has 0 aromatic heterocycles. The highest BCUT2D eigenvalue weighted by Crippen LogP contribution is 2.50. The van der Waals surface area contributed by atoms with Crippen LogP contribution in [0.1, 0.15) is 147 Å². The molecular formula is C57H44F6N4O8. The number of benzene rings is 6. The smallest absolute Gasteiger partial charge is 0.277 e. The minimum Gasteiger partial charge on any atom is -0.277 e. The quantitative estimate of drug-likeness (QED) is 0.118. The molecule has 4 aliphatic heterocycles. The summed E-state index contributed by atoms with van der Waals surface area (Å²) in [6.07, 6.45) is -9.69. The van der Waals surface area contributed by atoms with Gasteiger partial charge in [0.05, 0.1) is 55.9 Å². The zero-order valence-electron chi connectivity index (χ0n) is 41.6. The third kappa shape index (κ3) is 7.50. The average molecular weight is 1030 g/mol. The fraction of sp³-hybridized carbons (Fsp3) is 0.228. The summed E-state index contributed by atoms with van der Waals surface area (Å²) < 4.78 is 88.4. The molecule has 0 saturated heterocycles. The van der Waals surface area contributed by atoms with Gasteiger partial charge in [-0.1, -0.05) is 42.5 Å². The summed E-state index contributed by atoms with van der Waals surface area (Å²) in [5.41, 5.74) is -1.87. The van der Waals surface area contributed by atoms with E-state index >= 15 is 0 Å². The molecule has 0 aliphatic carbocycles. The van der Waals surface area contributed by atoms with Crippen LogP contribution >= 0.6 is 0 Å². The van der Waals surface area contributed by atoms with Crippen molar-refractivity contribution in [2.24, 2.45) is 0 Å². The second kappa shape index (κ2) is 17.3. The average Bonchev–Trinajstić information content (AvgIpc) is 3.94. The molecular weight excluding hydrogens is 983 g/mol. The number of fused-ring (bicyclic) bond motifs is 4. The van der Waals surface area contributed by atoms with E-state index in [0.717, 1.165) is 86.0 Å². The monoisotopic (exact) mass is 1030 g/mol. The number of alkyl halides is 6. The Morgan fingerprint density at radius 3 is 1.08 bits per heavy atom. The maximum atomic E-state index is 14.8. The van der Waals surface area contributed by atoms with Crippen LogP contribution in [0.5, 0.6) is 0 Å². The number of halogens is 6. The fourth-order valence-electron chi connectivity index (χ4n) is 10.3. The molecule has 0 N–H and O–H groups in total. The van der Waals surface area contributed by atoms with E-state index in [1.165, 1.54) is 56.6 Å². The van der Waals surface area contributed by atoms with E-state index in [9.17, 15) is 64.7 Å². The van der Waals surface area contributed by atoms with Gasteiger partial charge in [-0.05, 0) is 159 Å². The summed E-state index contributed by atoms with van der Waals surface area (Å²) >= 11 is 0. The normalized spacial score (nSPS) is 16.8. The van der Waals surface area contributed by atoms with Crippen molar-refractivity contribution >= 4 is 58.6 Å². The molecule has 382 valence electrons. The molecule has 75 heavy (non-hydrogen) atoms. The highest BCUT2D eigenvalue weighted by Gasteiger charge is 2.56. The van der Waals surface area contributed by atoms with Crippen molar-refractivity contribution in [3.05, 3.63) is 198 Å². The van der Waals surface area contributed by atoms with Gasteiger partial charge in [-0.25, -0.2) is 9.80 Å². The lowest BCUT2D eigenvalue weighted by Gasteiger charge is -2.33. The van der Waals surface area contributed by atoms with Gasteiger partial charge in [-0.3, -0.25) is 48.2 Å². The first-order valence-electron chi connectivity index (χ1n) is 23.2. The van der Waals surface area contributed by atoms with Gasteiger partial charge >= 0.3 is 12.4 Å². The van der Waals surface area contributed by atoms with Crippen molar-refractivity contribution in [3.63, 3.8) is 0 Å². The summed E-state index contributed by atoms with van der Waals surface area (Å²) in [7, 11) is 2.53. The van der Waals surface area contributed by atoms with Crippen LogP contribution in [0.4, 0.5) is 37.7 Å². The maximum Gasteiger partial charge on any atom is 0.402 e. The summed E-state index contributed by atoms with van der Waals surface area (Å²) in [5.74, 6) is -5.20. The zero-order chi connectivity index (χ0) is 54.9. The number of hydrogen-bond acceptors (Lipinski definition) is 8. The highest BCUT2D eigenvalue weighted by atomic mass is 19.4. The largest absolute Gasteiger partial charge is 0.402 e. The van der Waals surface area contributed by atoms with E-state index in [-0.39, 0.29) is 66.8 Å². The van der Waals surface area contributed by atoms with E-state index in [4.69, 9.17) is 0 Å². The minimum atomic E-state index is -4.85. The molecule has 0 spiro atoms. The predicted molar refractivity (Wildman–Crippen MR) is 262 cm³/mol. The number of imide groups is 4. The van der Waals surface area contributed by atoms with Crippen molar-refractivity contribution in [3.8, 4) is 0 Å². The molecule has 2 atom stereocenters. The summed E-state index contributed by atoms with van der Waals surface area (Å²) in [6, 6.07) is 22.5. The lowest BCUT2D eigenvalue weighted by Crippen LogP contribution is -2.41. The van der Waals surface area contributed by atoms with E-state index in [1.807, 2.05) is 19.9 Å². The molecule has 6 aromatic rings. The Hall–Kier alpha value is -8.54. The van der Waals surface area contributed by atoms with Crippen molar-refractivity contribution in [2.75, 3.05) is 23.9 Å². The highest BCUT2D eigenvalue weighted by molar-refractivity contribution is 6.35. The van der Waals surface area contributed by atoms with Crippen LogP contribution in [-0.2, 0) is 10.8 Å². The summed E-state index contributed by atoms with van der Waals surface area (Å²) in [5, 5.41) is 0. The van der Waals surface area contributed by atoms with E-state index in [0.29, 0.717) is 16.9 Å². The van der Waals surface area contributed by atoms with Crippen molar-refractivity contribution in [1.29, 1.82) is 0 Å². The lowest BCUT2D eigenvalue weighted by molar-refractivity contribution is -0.173. The summed E-state index contributed by atoms with van der Waals surface area (Å²) in [4.78, 5) is 106. The second-order valence-electron chi connectivity index (χ2n) is 19.5. The molecule has 12 nitrogen and oxygen atoms in total. The van der Waals surface area contributed by atoms with Crippen molar-refractivity contribution in [1.82, 2.24) is 9.80 Å². The molecule has 8 amide bonds. The number of hydrogen-bond donors (Lipinski definition) is 0. The van der Waals surface area contributed by atoms with E-state index in [1.54, 1.807) is 45.0 Å². The number of amides is 8. The van der Waals surface area contributed by atoms with Gasteiger partial charge in [-0.15, -0.1) is 0 Å². The van der Waals surface area contributed by atoms with Crippen LogP contribution in [0, 0.1) is 34.6 Å². The van der Waals surface area contributed by atoms with Gasteiger partial charge in [0.25, 0.3) is 47.3 Å². The number of carbonyl (C=O) groups excluding carboxylic acids is 8. The number of anilines is 2. The van der Waals surface area contributed by atoms with Crippen molar-refractivity contribution < 1.29 is 64.7 Å². The Labute approximate surface area is 425 Å². The first-order chi connectivity index (χ1) is 35.0. The van der Waals surface area contributed by atoms with Crippen LogP contribution < -0.4 is 9.80 Å². The van der Waals surface area contributed by atoms with E-state index in [2.05, 4.69) is 0 Å². The van der Waals surface area contributed by atoms with Crippen LogP contribution in [0.25, 0.3) is 0 Å². The van der Waals surface area contributed by atoms with Gasteiger partial charge in [0.2, 0.25) is 0 Å². The molecule has 0 fully saturated rings. The van der Waals surface area contributed by atoms with Gasteiger partial charge < -0.3 is 0 Å². The first-order valence-corrected chi connectivity index (χ1v) is 23.2. The molecule has 18 heteroatoms. The van der Waals surface area contributed by atoms with Gasteiger partial charge in [0.1, 0.15) is 10.8 Å². The maximum absolute atomic E-state index is 14.8.